The highest BCUT2D eigenvalue weighted by molar-refractivity contribution is 5.88. The highest BCUT2D eigenvalue weighted by Gasteiger charge is 2.30. The highest BCUT2D eigenvalue weighted by atomic mass is 16.3. The normalized spacial score (nSPS) is 18.7. The number of benzene rings is 1. The number of hydrogen-bond donors (Lipinski definition) is 2. The predicted octanol–water partition coefficient (Wildman–Crippen LogP) is 1.35. The molecule has 1 heterocycles. The van der Waals surface area contributed by atoms with Crippen LogP contribution in [0.3, 0.4) is 0 Å². The fourth-order valence-corrected chi connectivity index (χ4v) is 2.97. The molecule has 1 saturated heterocycles. The Balaban J connectivity index is 1.92. The molecule has 2 N–H and O–H groups in total. The van der Waals surface area contributed by atoms with Gasteiger partial charge in [-0.15, -0.1) is 0 Å². The Morgan fingerprint density at radius 2 is 2.09 bits per heavy atom. The monoisotopic (exact) mass is 318 g/mol. The van der Waals surface area contributed by atoms with Gasteiger partial charge in [0.1, 0.15) is 6.04 Å². The van der Waals surface area contributed by atoms with Gasteiger partial charge >= 0.3 is 0 Å². The Kier molecular flexibility index (Phi) is 6.59. The molecule has 0 aromatic heterocycles. The maximum absolute atomic E-state index is 12.6. The summed E-state index contributed by atoms with van der Waals surface area (Å²) in [6.07, 6.45) is 2.59. The zero-order valence-electron chi connectivity index (χ0n) is 13.7. The number of hydrogen-bond acceptors (Lipinski definition) is 3. The van der Waals surface area contributed by atoms with Gasteiger partial charge in [0.15, 0.2) is 0 Å². The number of aliphatic hydroxyl groups excluding tert-OH is 1. The zero-order valence-corrected chi connectivity index (χ0v) is 13.7. The van der Waals surface area contributed by atoms with Crippen LogP contribution in [0.2, 0.25) is 0 Å². The van der Waals surface area contributed by atoms with E-state index in [2.05, 4.69) is 5.32 Å². The van der Waals surface area contributed by atoms with E-state index in [1.807, 2.05) is 37.3 Å². The largest absolute Gasteiger partial charge is 0.396 e. The molecule has 1 aliphatic heterocycles. The average molecular weight is 318 g/mol. The fraction of sp³-hybridized carbons (Fsp3) is 0.556. The highest BCUT2D eigenvalue weighted by Crippen LogP contribution is 2.17. The van der Waals surface area contributed by atoms with Gasteiger partial charge in [0.2, 0.25) is 11.8 Å². The van der Waals surface area contributed by atoms with Crippen LogP contribution >= 0.6 is 0 Å². The number of likely N-dealkylation sites (tertiary alicyclic amines) is 1. The molecule has 5 heteroatoms. The summed E-state index contributed by atoms with van der Waals surface area (Å²) < 4.78 is 0. The first-order valence-electron chi connectivity index (χ1n) is 8.37. The van der Waals surface area contributed by atoms with Gasteiger partial charge < -0.3 is 15.3 Å². The van der Waals surface area contributed by atoms with E-state index in [-0.39, 0.29) is 30.8 Å². The first-order chi connectivity index (χ1) is 11.1. The number of carbonyl (C=O) groups excluding carboxylic acids is 2. The molecule has 1 aromatic carbocycles. The van der Waals surface area contributed by atoms with E-state index in [4.69, 9.17) is 0 Å². The van der Waals surface area contributed by atoms with Crippen LogP contribution in [-0.4, -0.2) is 47.6 Å². The van der Waals surface area contributed by atoms with Crippen molar-refractivity contribution >= 4 is 11.8 Å². The van der Waals surface area contributed by atoms with Crippen molar-refractivity contribution in [2.75, 3.05) is 19.7 Å². The topological polar surface area (TPSA) is 69.6 Å². The summed E-state index contributed by atoms with van der Waals surface area (Å²) >= 11 is 0. The van der Waals surface area contributed by atoms with Crippen molar-refractivity contribution in [3.63, 3.8) is 0 Å². The number of carbonyl (C=O) groups is 2. The summed E-state index contributed by atoms with van der Waals surface area (Å²) in [7, 11) is 0. The maximum atomic E-state index is 12.6. The lowest BCUT2D eigenvalue weighted by Crippen LogP contribution is -2.48. The van der Waals surface area contributed by atoms with Crippen LogP contribution in [0.4, 0.5) is 0 Å². The number of rotatable bonds is 7. The molecule has 1 aromatic rings. The molecule has 0 spiro atoms. The number of amides is 2. The molecule has 2 unspecified atom stereocenters. The Bertz CT molecular complexity index is 518. The minimum atomic E-state index is -0.464. The molecule has 2 atom stereocenters. The summed E-state index contributed by atoms with van der Waals surface area (Å²) in [6, 6.07) is 9.06. The second-order valence-corrected chi connectivity index (χ2v) is 6.19. The summed E-state index contributed by atoms with van der Waals surface area (Å²) in [5.41, 5.74) is 0.939. The third kappa shape index (κ3) is 5.06. The summed E-state index contributed by atoms with van der Waals surface area (Å²) in [4.78, 5) is 26.6. The first kappa shape index (κ1) is 17.5. The van der Waals surface area contributed by atoms with Crippen molar-refractivity contribution in [1.29, 1.82) is 0 Å². The molecule has 1 aliphatic rings. The van der Waals surface area contributed by atoms with Crippen LogP contribution in [0.25, 0.3) is 0 Å². The van der Waals surface area contributed by atoms with Crippen LogP contribution in [0.5, 0.6) is 0 Å². The van der Waals surface area contributed by atoms with E-state index >= 15 is 0 Å². The van der Waals surface area contributed by atoms with Gasteiger partial charge in [-0.25, -0.2) is 0 Å². The number of nitrogens with zero attached hydrogens (tertiary/aromatic N) is 1. The zero-order chi connectivity index (χ0) is 16.7. The molecule has 5 nitrogen and oxygen atoms in total. The van der Waals surface area contributed by atoms with Crippen molar-refractivity contribution in [2.24, 2.45) is 5.92 Å². The van der Waals surface area contributed by atoms with E-state index < -0.39 is 6.04 Å². The third-order valence-corrected chi connectivity index (χ3v) is 4.27. The Morgan fingerprint density at radius 3 is 2.70 bits per heavy atom. The molecule has 0 bridgehead atoms. The number of nitrogens with one attached hydrogen (secondary N) is 1. The van der Waals surface area contributed by atoms with Gasteiger partial charge in [-0.3, -0.25) is 9.59 Å². The van der Waals surface area contributed by atoms with Gasteiger partial charge in [0, 0.05) is 25.6 Å². The van der Waals surface area contributed by atoms with E-state index in [9.17, 15) is 14.7 Å². The predicted molar refractivity (Wildman–Crippen MR) is 88.8 cm³/mol. The molecular formula is C18H26N2O3. The maximum Gasteiger partial charge on any atom is 0.245 e. The summed E-state index contributed by atoms with van der Waals surface area (Å²) in [5, 5.41) is 12.1. The van der Waals surface area contributed by atoms with Gasteiger partial charge in [-0.2, -0.15) is 0 Å². The van der Waals surface area contributed by atoms with Crippen LogP contribution in [0.1, 0.15) is 31.7 Å². The molecule has 0 aliphatic carbocycles. The van der Waals surface area contributed by atoms with Gasteiger partial charge in [-0.05, 0) is 18.4 Å². The molecule has 2 amide bonds. The molecule has 0 radical (unpaired) electrons. The van der Waals surface area contributed by atoms with Crippen LogP contribution in [0.15, 0.2) is 30.3 Å². The van der Waals surface area contributed by atoms with E-state index in [0.717, 1.165) is 18.4 Å². The Labute approximate surface area is 137 Å². The third-order valence-electron chi connectivity index (χ3n) is 4.27. The second-order valence-electron chi connectivity index (χ2n) is 6.19. The van der Waals surface area contributed by atoms with Gasteiger partial charge in [0.05, 0.1) is 6.42 Å². The Hall–Kier alpha value is -1.88. The van der Waals surface area contributed by atoms with E-state index in [1.54, 1.807) is 4.90 Å². The molecule has 0 saturated carbocycles. The summed E-state index contributed by atoms with van der Waals surface area (Å²) in [6.45, 7) is 3.37. The van der Waals surface area contributed by atoms with Gasteiger partial charge in [-0.1, -0.05) is 43.7 Å². The minimum absolute atomic E-state index is 0.0239. The van der Waals surface area contributed by atoms with Crippen LogP contribution in [0, 0.1) is 5.92 Å². The van der Waals surface area contributed by atoms with Crippen molar-refractivity contribution in [2.45, 2.75) is 38.6 Å². The first-order valence-corrected chi connectivity index (χ1v) is 8.37. The standard InChI is InChI=1S/C18H26N2O3/c1-2-6-16(18(23)20-10-9-15(12-20)13-21)19-17(22)11-14-7-4-3-5-8-14/h3-5,7-8,15-16,21H,2,6,9-13H2,1H3,(H,19,22). The SMILES string of the molecule is CCCC(NC(=O)Cc1ccccc1)C(=O)N1CCC(CO)C1. The van der Waals surface area contributed by atoms with E-state index in [1.165, 1.54) is 0 Å². The van der Waals surface area contributed by atoms with Crippen molar-refractivity contribution < 1.29 is 14.7 Å². The number of aliphatic hydroxyl groups is 1. The molecule has 1 fully saturated rings. The fourth-order valence-electron chi connectivity index (χ4n) is 2.97. The average Bonchev–Trinajstić information content (AvgIpc) is 3.03. The smallest absolute Gasteiger partial charge is 0.245 e. The second kappa shape index (κ2) is 8.67. The molecular weight excluding hydrogens is 292 g/mol. The lowest BCUT2D eigenvalue weighted by Gasteiger charge is -2.24. The van der Waals surface area contributed by atoms with E-state index in [0.29, 0.717) is 19.5 Å². The molecule has 126 valence electrons. The Morgan fingerprint density at radius 1 is 1.35 bits per heavy atom. The molecule has 2 rings (SSSR count). The van der Waals surface area contributed by atoms with Crippen molar-refractivity contribution in [1.82, 2.24) is 10.2 Å². The summed E-state index contributed by atoms with van der Waals surface area (Å²) in [5.74, 6) is 0.0198. The van der Waals surface area contributed by atoms with Gasteiger partial charge in [0.25, 0.3) is 0 Å². The quantitative estimate of drug-likeness (QED) is 0.797. The molecule has 23 heavy (non-hydrogen) atoms. The minimum Gasteiger partial charge on any atom is -0.396 e. The van der Waals surface area contributed by atoms with Crippen molar-refractivity contribution in [3.8, 4) is 0 Å². The lowest BCUT2D eigenvalue weighted by atomic mass is 10.1. The lowest BCUT2D eigenvalue weighted by molar-refractivity contribution is -0.135. The van der Waals surface area contributed by atoms with Crippen LogP contribution in [-0.2, 0) is 16.0 Å². The van der Waals surface area contributed by atoms with Crippen LogP contribution < -0.4 is 5.32 Å². The van der Waals surface area contributed by atoms with Crippen molar-refractivity contribution in [3.05, 3.63) is 35.9 Å².